The molecule has 0 radical (unpaired) electrons. The van der Waals surface area contributed by atoms with E-state index >= 15 is 4.39 Å². The lowest BCUT2D eigenvalue weighted by atomic mass is 9.92. The monoisotopic (exact) mass is 560 g/mol. The molecule has 1 saturated heterocycles. The molecule has 1 aliphatic carbocycles. The van der Waals surface area contributed by atoms with E-state index in [4.69, 9.17) is 11.6 Å². The molecule has 15 heteroatoms. The first-order valence-corrected chi connectivity index (χ1v) is 13.4. The summed E-state index contributed by atoms with van der Waals surface area (Å²) in [4.78, 5) is 38.2. The van der Waals surface area contributed by atoms with E-state index in [1.165, 1.54) is 0 Å². The van der Waals surface area contributed by atoms with Crippen LogP contribution in [0.3, 0.4) is 0 Å². The van der Waals surface area contributed by atoms with Gasteiger partial charge in [-0.15, -0.1) is 5.10 Å². The fourth-order valence-corrected chi connectivity index (χ4v) is 5.69. The third-order valence-electron chi connectivity index (χ3n) is 7.41. The number of amides is 2. The number of hydroxylamine groups is 2. The van der Waals surface area contributed by atoms with Gasteiger partial charge in [0.15, 0.2) is 17.3 Å². The Morgan fingerprint density at radius 3 is 2.90 bits per heavy atom. The molecule has 3 aromatic rings. The molecule has 39 heavy (non-hydrogen) atoms. The maximum absolute atomic E-state index is 15.7. The first kappa shape index (κ1) is 26.9. The van der Waals surface area contributed by atoms with Crippen molar-refractivity contribution in [2.45, 2.75) is 57.5 Å². The van der Waals surface area contributed by atoms with Crippen molar-refractivity contribution in [3.63, 3.8) is 0 Å². The summed E-state index contributed by atoms with van der Waals surface area (Å²) in [6.07, 6.45) is 8.14. The third-order valence-corrected chi connectivity index (χ3v) is 7.58. The molecule has 5 rings (SSSR count). The highest BCUT2D eigenvalue weighted by Gasteiger charge is 2.32. The first-order chi connectivity index (χ1) is 18.9. The van der Waals surface area contributed by atoms with Gasteiger partial charge in [0, 0.05) is 12.7 Å². The van der Waals surface area contributed by atoms with Gasteiger partial charge in [0.25, 0.3) is 0 Å². The Balaban J connectivity index is 1.30. The summed E-state index contributed by atoms with van der Waals surface area (Å²) in [6, 6.07) is 3.46. The van der Waals surface area contributed by atoms with Gasteiger partial charge in [-0.25, -0.2) is 14.7 Å². The van der Waals surface area contributed by atoms with Crippen LogP contribution in [0.1, 0.15) is 44.9 Å². The highest BCUT2D eigenvalue weighted by molar-refractivity contribution is 6.28. The molecule has 4 heterocycles. The van der Waals surface area contributed by atoms with Crippen molar-refractivity contribution in [3.05, 3.63) is 29.4 Å². The molecule has 3 N–H and O–H groups in total. The van der Waals surface area contributed by atoms with Gasteiger partial charge < -0.3 is 4.90 Å². The number of anilines is 2. The lowest BCUT2D eigenvalue weighted by Crippen LogP contribution is -2.41. The van der Waals surface area contributed by atoms with E-state index in [9.17, 15) is 14.8 Å². The van der Waals surface area contributed by atoms with Crippen LogP contribution < -0.4 is 15.8 Å². The number of carbonyl (C=O) groups is 2. The van der Waals surface area contributed by atoms with Crippen molar-refractivity contribution in [2.24, 2.45) is 11.8 Å². The molecule has 208 valence electrons. The van der Waals surface area contributed by atoms with Crippen LogP contribution in [0.2, 0.25) is 5.28 Å². The minimum Gasteiger partial charge on any atom is -0.349 e. The Labute approximate surface area is 228 Å². The Morgan fingerprint density at radius 2 is 2.10 bits per heavy atom. The number of hydrazine groups is 1. The van der Waals surface area contributed by atoms with Crippen LogP contribution in [0.25, 0.3) is 11.2 Å². The fraction of sp³-hybridized carbons (Fsp3) is 0.542. The van der Waals surface area contributed by atoms with E-state index in [0.717, 1.165) is 38.5 Å². The molecule has 1 saturated carbocycles. The molecule has 0 spiro atoms. The number of hydrogen-bond acceptors (Lipinski definition) is 10. The van der Waals surface area contributed by atoms with Gasteiger partial charge >= 0.3 is 0 Å². The van der Waals surface area contributed by atoms with E-state index in [0.29, 0.717) is 41.7 Å². The minimum absolute atomic E-state index is 0.0108. The van der Waals surface area contributed by atoms with Crippen LogP contribution >= 0.6 is 11.6 Å². The molecule has 2 atom stereocenters. The van der Waals surface area contributed by atoms with Gasteiger partial charge in [-0.1, -0.05) is 30.9 Å². The zero-order valence-corrected chi connectivity index (χ0v) is 22.0. The zero-order valence-electron chi connectivity index (χ0n) is 21.2. The van der Waals surface area contributed by atoms with E-state index in [-0.39, 0.29) is 35.9 Å². The highest BCUT2D eigenvalue weighted by atomic mass is 35.5. The zero-order chi connectivity index (χ0) is 27.4. The van der Waals surface area contributed by atoms with Crippen LogP contribution in [0.4, 0.5) is 16.0 Å². The largest absolute Gasteiger partial charge is 0.349 e. The number of pyridine rings is 1. The average Bonchev–Trinajstić information content (AvgIpc) is 3.71. The maximum Gasteiger partial charge on any atom is 0.243 e. The van der Waals surface area contributed by atoms with Crippen LogP contribution in [0.15, 0.2) is 18.3 Å². The van der Waals surface area contributed by atoms with Crippen molar-refractivity contribution in [3.8, 4) is 0 Å². The number of halogens is 2. The number of fused-ring (bicyclic) bond motifs is 1. The van der Waals surface area contributed by atoms with Crippen molar-refractivity contribution in [2.75, 3.05) is 23.4 Å². The van der Waals surface area contributed by atoms with E-state index < -0.39 is 17.6 Å². The van der Waals surface area contributed by atoms with Gasteiger partial charge in [0.05, 0.1) is 25.0 Å². The predicted octanol–water partition coefficient (Wildman–Crippen LogP) is 2.57. The van der Waals surface area contributed by atoms with Crippen molar-refractivity contribution in [1.82, 2.24) is 40.4 Å². The lowest BCUT2D eigenvalue weighted by molar-refractivity contribution is -0.154. The van der Waals surface area contributed by atoms with Gasteiger partial charge in [-0.2, -0.15) is 14.4 Å². The SMILES string of the molecule is O=CN(O)C[C@H](CC1CCCC1)C(=O)NNc1nc(Cl)nc(N2CCC[C@H]2Cn2nnc3cccnc32)c1F. The Bertz CT molecular complexity index is 1320. The molecule has 2 fully saturated rings. The average molecular weight is 561 g/mol. The van der Waals surface area contributed by atoms with Gasteiger partial charge in [-0.05, 0) is 48.9 Å². The van der Waals surface area contributed by atoms with Crippen molar-refractivity contribution < 1.29 is 19.2 Å². The Morgan fingerprint density at radius 1 is 1.28 bits per heavy atom. The van der Waals surface area contributed by atoms with Crippen LogP contribution in [-0.2, 0) is 16.1 Å². The summed E-state index contributed by atoms with van der Waals surface area (Å²) in [5.41, 5.74) is 6.32. The topological polar surface area (TPSA) is 154 Å². The summed E-state index contributed by atoms with van der Waals surface area (Å²) in [7, 11) is 0. The Hall–Kier alpha value is -3.65. The molecular formula is C24H30ClFN10O3. The smallest absolute Gasteiger partial charge is 0.243 e. The van der Waals surface area contributed by atoms with E-state index in [1.807, 2.05) is 11.0 Å². The summed E-state index contributed by atoms with van der Waals surface area (Å²) < 4.78 is 17.4. The fourth-order valence-electron chi connectivity index (χ4n) is 5.52. The molecule has 0 aromatic carbocycles. The molecule has 3 aromatic heterocycles. The predicted molar refractivity (Wildman–Crippen MR) is 139 cm³/mol. The minimum atomic E-state index is -0.766. The number of nitrogens with zero attached hydrogens (tertiary/aromatic N) is 8. The highest BCUT2D eigenvalue weighted by Crippen LogP contribution is 2.32. The quantitative estimate of drug-likeness (QED) is 0.138. The molecule has 2 aliphatic rings. The van der Waals surface area contributed by atoms with E-state index in [1.54, 1.807) is 16.9 Å². The van der Waals surface area contributed by atoms with Crippen molar-refractivity contribution in [1.29, 1.82) is 0 Å². The first-order valence-electron chi connectivity index (χ1n) is 13.0. The number of rotatable bonds is 11. The summed E-state index contributed by atoms with van der Waals surface area (Å²) in [5, 5.41) is 18.3. The summed E-state index contributed by atoms with van der Waals surface area (Å²) >= 11 is 6.16. The molecule has 13 nitrogen and oxygen atoms in total. The van der Waals surface area contributed by atoms with Gasteiger partial charge in [0.2, 0.25) is 23.4 Å². The lowest BCUT2D eigenvalue weighted by Gasteiger charge is -2.26. The van der Waals surface area contributed by atoms with Crippen LogP contribution in [0.5, 0.6) is 0 Å². The Kier molecular flexibility index (Phi) is 8.31. The normalized spacial score (nSPS) is 18.4. The second-order valence-corrected chi connectivity index (χ2v) is 10.3. The molecule has 1 aliphatic heterocycles. The number of carbonyl (C=O) groups excluding carboxylic acids is 2. The summed E-state index contributed by atoms with van der Waals surface area (Å²) in [5.74, 6) is -1.91. The molecule has 0 unspecified atom stereocenters. The standard InChI is InChI=1S/C24H30ClFN10O3/c25-24-28-20(31-32-23(38)16(12-34(39)14-37)11-15-5-1-2-6-15)19(26)22(29-24)35-10-4-7-17(35)13-36-21-18(30-33-36)8-3-9-27-21/h3,8-9,14-17,39H,1-2,4-7,10-13H2,(H,32,38)(H,28,29,31)/t16-,17-/m0/s1. The number of nitrogens with one attached hydrogen (secondary N) is 2. The maximum atomic E-state index is 15.7. The van der Waals surface area contributed by atoms with Crippen molar-refractivity contribution >= 4 is 46.7 Å². The van der Waals surface area contributed by atoms with Crippen LogP contribution in [-0.4, -0.2) is 71.7 Å². The van der Waals surface area contributed by atoms with E-state index in [2.05, 4.69) is 36.1 Å². The molecule has 2 amide bonds. The number of aromatic nitrogens is 6. The molecule has 0 bridgehead atoms. The second kappa shape index (κ2) is 12.0. The van der Waals surface area contributed by atoms with Gasteiger partial charge in [0.1, 0.15) is 5.52 Å². The van der Waals surface area contributed by atoms with Crippen LogP contribution in [0, 0.1) is 17.7 Å². The second-order valence-electron chi connectivity index (χ2n) is 10.0. The third kappa shape index (κ3) is 6.17. The summed E-state index contributed by atoms with van der Waals surface area (Å²) in [6.45, 7) is 0.792. The van der Waals surface area contributed by atoms with Gasteiger partial charge in [-0.3, -0.25) is 25.6 Å². The molecular weight excluding hydrogens is 531 g/mol. The number of hydrogen-bond donors (Lipinski definition) is 3.